The Labute approximate surface area is 109 Å². The topological polar surface area (TPSA) is 99.2 Å². The molecular weight excluding hydrogens is 252 g/mol. The van der Waals surface area contributed by atoms with Gasteiger partial charge in [-0.05, 0) is 6.92 Å². The van der Waals surface area contributed by atoms with Crippen molar-refractivity contribution < 1.29 is 19.2 Å². The third-order valence-corrected chi connectivity index (χ3v) is 3.14. The number of hydrogen-bond donors (Lipinski definition) is 1. The number of nitrogens with one attached hydrogen (secondary N) is 1. The van der Waals surface area contributed by atoms with Crippen LogP contribution >= 0.6 is 0 Å². The summed E-state index contributed by atoms with van der Waals surface area (Å²) in [6, 6.07) is -0.726. The third-order valence-electron chi connectivity index (χ3n) is 3.14. The molecule has 19 heavy (non-hydrogen) atoms. The van der Waals surface area contributed by atoms with Crippen molar-refractivity contribution >= 4 is 29.3 Å². The fourth-order valence-corrected chi connectivity index (χ4v) is 1.95. The Morgan fingerprint density at radius 3 is 2.63 bits per heavy atom. The molecule has 0 radical (unpaired) electrons. The summed E-state index contributed by atoms with van der Waals surface area (Å²) in [4.78, 5) is 47.5. The van der Waals surface area contributed by atoms with Crippen molar-refractivity contribution in [3.8, 4) is 0 Å². The number of hydrogen-bond acceptors (Lipinski definition) is 5. The van der Waals surface area contributed by atoms with Gasteiger partial charge in [0.15, 0.2) is 0 Å². The van der Waals surface area contributed by atoms with E-state index in [9.17, 15) is 19.2 Å². The smallest absolute Gasteiger partial charge is 0.271 e. The standard InChI is InChI=1S/C11H14N4O4/c1-6-10(18)12-8(16)5-15(6)11(19)7-3-4-9(17)14(2)13-7/h6H,3-5H2,1-2H3,(H,12,16,18). The minimum Gasteiger partial charge on any atom is -0.316 e. The van der Waals surface area contributed by atoms with Gasteiger partial charge in [-0.2, -0.15) is 5.10 Å². The Morgan fingerprint density at radius 2 is 2.00 bits per heavy atom. The lowest BCUT2D eigenvalue weighted by Crippen LogP contribution is -2.60. The summed E-state index contributed by atoms with van der Waals surface area (Å²) in [5.74, 6) is -1.67. The molecular formula is C11H14N4O4. The summed E-state index contributed by atoms with van der Waals surface area (Å²) in [6.07, 6.45) is 0.421. The molecule has 8 nitrogen and oxygen atoms in total. The lowest BCUT2D eigenvalue weighted by Gasteiger charge is -2.32. The van der Waals surface area contributed by atoms with Crippen LogP contribution in [-0.2, 0) is 19.2 Å². The maximum atomic E-state index is 12.2. The van der Waals surface area contributed by atoms with Crippen molar-refractivity contribution in [1.82, 2.24) is 15.2 Å². The molecule has 0 aliphatic carbocycles. The average Bonchev–Trinajstić information content (AvgIpc) is 2.36. The quantitative estimate of drug-likeness (QED) is 0.582. The van der Waals surface area contributed by atoms with E-state index < -0.39 is 23.8 Å². The second kappa shape index (κ2) is 4.79. The number of rotatable bonds is 1. The number of hydrazone groups is 1. The summed E-state index contributed by atoms with van der Waals surface area (Å²) >= 11 is 0. The van der Waals surface area contributed by atoms with Gasteiger partial charge in [0.2, 0.25) is 17.7 Å². The number of carbonyl (C=O) groups excluding carboxylic acids is 4. The minimum atomic E-state index is -0.726. The maximum Gasteiger partial charge on any atom is 0.271 e. The lowest BCUT2D eigenvalue weighted by atomic mass is 10.1. The van der Waals surface area contributed by atoms with Crippen molar-refractivity contribution in [3.63, 3.8) is 0 Å². The molecule has 2 rings (SSSR count). The highest BCUT2D eigenvalue weighted by Crippen LogP contribution is 2.12. The largest absolute Gasteiger partial charge is 0.316 e. The molecule has 0 aromatic rings. The fourth-order valence-electron chi connectivity index (χ4n) is 1.95. The Morgan fingerprint density at radius 1 is 1.32 bits per heavy atom. The Hall–Kier alpha value is -2.25. The van der Waals surface area contributed by atoms with Crippen molar-refractivity contribution in [2.45, 2.75) is 25.8 Å². The van der Waals surface area contributed by atoms with Crippen LogP contribution in [0.15, 0.2) is 5.10 Å². The molecule has 4 amide bonds. The predicted octanol–water partition coefficient (Wildman–Crippen LogP) is -1.53. The molecule has 1 saturated heterocycles. The van der Waals surface area contributed by atoms with Crippen LogP contribution < -0.4 is 5.32 Å². The SMILES string of the molecule is CC1C(=O)NC(=O)CN1C(=O)C1=NN(C)C(=O)CC1. The van der Waals surface area contributed by atoms with Crippen LogP contribution in [0.3, 0.4) is 0 Å². The van der Waals surface area contributed by atoms with E-state index in [1.807, 2.05) is 0 Å². The summed E-state index contributed by atoms with van der Waals surface area (Å²) in [6.45, 7) is 1.36. The molecule has 1 atom stereocenters. The van der Waals surface area contributed by atoms with Crippen LogP contribution in [0.2, 0.25) is 0 Å². The highest BCUT2D eigenvalue weighted by Gasteiger charge is 2.36. The van der Waals surface area contributed by atoms with Gasteiger partial charge in [0.1, 0.15) is 18.3 Å². The molecule has 0 aromatic heterocycles. The van der Waals surface area contributed by atoms with E-state index in [4.69, 9.17) is 0 Å². The van der Waals surface area contributed by atoms with Crippen molar-refractivity contribution in [2.75, 3.05) is 13.6 Å². The van der Waals surface area contributed by atoms with E-state index >= 15 is 0 Å². The van der Waals surface area contributed by atoms with Crippen molar-refractivity contribution in [3.05, 3.63) is 0 Å². The number of nitrogens with zero attached hydrogens (tertiary/aromatic N) is 3. The molecule has 2 aliphatic heterocycles. The second-order valence-corrected chi connectivity index (χ2v) is 4.49. The fraction of sp³-hybridized carbons (Fsp3) is 0.545. The van der Waals surface area contributed by atoms with Gasteiger partial charge in [0.05, 0.1) is 0 Å². The zero-order valence-corrected chi connectivity index (χ0v) is 10.7. The third kappa shape index (κ3) is 2.47. The van der Waals surface area contributed by atoms with E-state index in [0.717, 1.165) is 5.01 Å². The summed E-state index contributed by atoms with van der Waals surface area (Å²) in [7, 11) is 1.46. The maximum absolute atomic E-state index is 12.2. The first-order chi connectivity index (χ1) is 8.90. The normalized spacial score (nSPS) is 24.2. The molecule has 0 spiro atoms. The summed E-state index contributed by atoms with van der Waals surface area (Å²) in [5.41, 5.74) is 0.191. The van der Waals surface area contributed by atoms with Gasteiger partial charge in [0.25, 0.3) is 5.91 Å². The second-order valence-electron chi connectivity index (χ2n) is 4.49. The number of piperazine rings is 1. The Kier molecular flexibility index (Phi) is 3.32. The number of carbonyl (C=O) groups is 4. The monoisotopic (exact) mass is 266 g/mol. The summed E-state index contributed by atoms with van der Waals surface area (Å²) < 4.78 is 0. The first-order valence-electron chi connectivity index (χ1n) is 5.89. The molecule has 0 saturated carbocycles. The predicted molar refractivity (Wildman–Crippen MR) is 63.8 cm³/mol. The Bertz CT molecular complexity index is 499. The molecule has 1 fully saturated rings. The first-order valence-corrected chi connectivity index (χ1v) is 5.89. The van der Waals surface area contributed by atoms with E-state index in [0.29, 0.717) is 0 Å². The van der Waals surface area contributed by atoms with E-state index in [-0.39, 0.29) is 31.0 Å². The van der Waals surface area contributed by atoms with E-state index in [1.54, 1.807) is 0 Å². The van der Waals surface area contributed by atoms with Crippen molar-refractivity contribution in [1.29, 1.82) is 0 Å². The molecule has 1 N–H and O–H groups in total. The van der Waals surface area contributed by atoms with Gasteiger partial charge in [-0.15, -0.1) is 0 Å². The summed E-state index contributed by atoms with van der Waals surface area (Å²) in [5, 5.41) is 7.15. The van der Waals surface area contributed by atoms with Gasteiger partial charge < -0.3 is 4.90 Å². The highest BCUT2D eigenvalue weighted by molar-refractivity contribution is 6.40. The number of imide groups is 1. The van der Waals surface area contributed by atoms with Gasteiger partial charge in [-0.25, -0.2) is 5.01 Å². The average molecular weight is 266 g/mol. The zero-order chi connectivity index (χ0) is 14.2. The van der Waals surface area contributed by atoms with E-state index in [2.05, 4.69) is 10.4 Å². The Balaban J connectivity index is 2.19. The van der Waals surface area contributed by atoms with Crippen LogP contribution in [0.25, 0.3) is 0 Å². The minimum absolute atomic E-state index is 0.169. The molecule has 2 heterocycles. The molecule has 8 heteroatoms. The molecule has 102 valence electrons. The first kappa shape index (κ1) is 13.2. The molecule has 1 unspecified atom stereocenters. The zero-order valence-electron chi connectivity index (χ0n) is 10.7. The molecule has 2 aliphatic rings. The van der Waals surface area contributed by atoms with Crippen LogP contribution in [0.1, 0.15) is 19.8 Å². The van der Waals surface area contributed by atoms with Crippen LogP contribution in [0, 0.1) is 0 Å². The van der Waals surface area contributed by atoms with Gasteiger partial charge in [0, 0.05) is 19.9 Å². The van der Waals surface area contributed by atoms with Gasteiger partial charge in [-0.3, -0.25) is 24.5 Å². The van der Waals surface area contributed by atoms with Gasteiger partial charge in [-0.1, -0.05) is 0 Å². The molecule has 0 aromatic carbocycles. The number of amides is 4. The van der Waals surface area contributed by atoms with Gasteiger partial charge >= 0.3 is 0 Å². The lowest BCUT2D eigenvalue weighted by molar-refractivity contribution is -0.146. The van der Waals surface area contributed by atoms with Crippen molar-refractivity contribution in [2.24, 2.45) is 5.10 Å². The van der Waals surface area contributed by atoms with E-state index in [1.165, 1.54) is 18.9 Å². The molecule has 0 bridgehead atoms. The van der Waals surface area contributed by atoms with Crippen LogP contribution in [-0.4, -0.2) is 58.9 Å². The van der Waals surface area contributed by atoms with Crippen LogP contribution in [0.4, 0.5) is 0 Å². The van der Waals surface area contributed by atoms with Crippen LogP contribution in [0.5, 0.6) is 0 Å². The highest BCUT2D eigenvalue weighted by atomic mass is 16.2.